The van der Waals surface area contributed by atoms with E-state index in [0.29, 0.717) is 0 Å². The second-order valence-electron chi connectivity index (χ2n) is 4.18. The number of aromatic nitrogens is 2. The van der Waals surface area contributed by atoms with Gasteiger partial charge in [0.1, 0.15) is 18.0 Å². The fraction of sp³-hybridized carbons (Fsp3) is 0.600. The van der Waals surface area contributed by atoms with Crippen molar-refractivity contribution in [3.8, 4) is 0 Å². The van der Waals surface area contributed by atoms with Crippen molar-refractivity contribution in [3.05, 3.63) is 22.2 Å². The lowest BCUT2D eigenvalue weighted by molar-refractivity contribution is -0.0492. The molecule has 1 aliphatic rings. The molecule has 106 valence electrons. The number of aliphatic hydroxyl groups is 3. The Hall–Kier alpha value is -1.55. The molecule has 5 N–H and O–H groups in total. The third kappa shape index (κ3) is 2.32. The molecule has 0 radical (unpaired) electrons. The molecule has 0 unspecified atom stereocenters. The van der Waals surface area contributed by atoms with Crippen LogP contribution in [0, 0.1) is 0 Å². The van der Waals surface area contributed by atoms with E-state index in [0.717, 1.165) is 10.8 Å². The first-order valence-electron chi connectivity index (χ1n) is 5.56. The first-order chi connectivity index (χ1) is 8.99. The second kappa shape index (κ2) is 5.21. The van der Waals surface area contributed by atoms with Crippen molar-refractivity contribution in [2.24, 2.45) is 0 Å². The van der Waals surface area contributed by atoms with Gasteiger partial charge in [-0.3, -0.25) is 4.57 Å². The zero-order valence-corrected chi connectivity index (χ0v) is 9.81. The average molecular weight is 275 g/mol. The standard InChI is InChI=1S/C10H14FN3O5/c11-6-7(17)5(3-16)19-9(6)14-1-4(2-15)8(12)13-10(14)18/h1,5-7,9,15-17H,2-3H2,(H2,12,13,18)/t5-,6+,7+,9-/m1/s1. The number of alkyl halides is 1. The maximum atomic E-state index is 13.9. The molecule has 0 saturated carbocycles. The highest BCUT2D eigenvalue weighted by Crippen LogP contribution is 2.30. The number of nitrogen functional groups attached to an aromatic ring is 1. The quantitative estimate of drug-likeness (QED) is 0.497. The van der Waals surface area contributed by atoms with Gasteiger partial charge in [-0.25, -0.2) is 9.18 Å². The highest BCUT2D eigenvalue weighted by Gasteiger charge is 2.45. The molecule has 0 bridgehead atoms. The fourth-order valence-corrected chi connectivity index (χ4v) is 1.90. The van der Waals surface area contributed by atoms with Gasteiger partial charge in [-0.15, -0.1) is 0 Å². The number of hydrogen-bond donors (Lipinski definition) is 4. The van der Waals surface area contributed by atoms with Gasteiger partial charge >= 0.3 is 5.69 Å². The molecule has 1 aliphatic heterocycles. The van der Waals surface area contributed by atoms with E-state index in [1.165, 1.54) is 0 Å². The van der Waals surface area contributed by atoms with Crippen LogP contribution < -0.4 is 11.4 Å². The van der Waals surface area contributed by atoms with E-state index in [9.17, 15) is 14.3 Å². The van der Waals surface area contributed by atoms with Crippen molar-refractivity contribution in [2.75, 3.05) is 12.3 Å². The van der Waals surface area contributed by atoms with E-state index in [1.54, 1.807) is 0 Å². The fourth-order valence-electron chi connectivity index (χ4n) is 1.90. The van der Waals surface area contributed by atoms with E-state index in [2.05, 4.69) is 4.98 Å². The highest BCUT2D eigenvalue weighted by molar-refractivity contribution is 5.36. The van der Waals surface area contributed by atoms with E-state index in [1.807, 2.05) is 0 Å². The molecule has 19 heavy (non-hydrogen) atoms. The molecule has 1 aromatic heterocycles. The number of nitrogens with zero attached hydrogens (tertiary/aromatic N) is 2. The minimum absolute atomic E-state index is 0.136. The molecule has 9 heteroatoms. The van der Waals surface area contributed by atoms with Crippen LogP contribution in [0.2, 0.25) is 0 Å². The van der Waals surface area contributed by atoms with Crippen LogP contribution in [0.4, 0.5) is 10.2 Å². The van der Waals surface area contributed by atoms with Crippen LogP contribution in [-0.2, 0) is 11.3 Å². The molecule has 8 nitrogen and oxygen atoms in total. The molecule has 0 aliphatic carbocycles. The van der Waals surface area contributed by atoms with Crippen molar-refractivity contribution in [1.82, 2.24) is 9.55 Å². The summed E-state index contributed by atoms with van der Waals surface area (Å²) in [5.74, 6) is -0.156. The molecule has 0 amide bonds. The van der Waals surface area contributed by atoms with Gasteiger partial charge in [0.2, 0.25) is 0 Å². The molecule has 1 saturated heterocycles. The number of ether oxygens (including phenoxy) is 1. The Labute approximate surface area is 106 Å². The summed E-state index contributed by atoms with van der Waals surface area (Å²) in [5, 5.41) is 27.4. The van der Waals surface area contributed by atoms with Gasteiger partial charge in [0.05, 0.1) is 13.2 Å². The Bertz CT molecular complexity index is 522. The smallest absolute Gasteiger partial charge is 0.351 e. The molecule has 2 rings (SSSR count). The Balaban J connectivity index is 2.40. The third-order valence-electron chi connectivity index (χ3n) is 2.98. The summed E-state index contributed by atoms with van der Waals surface area (Å²) in [5.41, 5.74) is 4.68. The average Bonchev–Trinajstić information content (AvgIpc) is 2.67. The summed E-state index contributed by atoms with van der Waals surface area (Å²) >= 11 is 0. The van der Waals surface area contributed by atoms with Crippen LogP contribution in [0.5, 0.6) is 0 Å². The lowest BCUT2D eigenvalue weighted by Crippen LogP contribution is -2.34. The number of anilines is 1. The van der Waals surface area contributed by atoms with Gasteiger partial charge in [-0.05, 0) is 0 Å². The van der Waals surface area contributed by atoms with Gasteiger partial charge < -0.3 is 25.8 Å². The first-order valence-corrected chi connectivity index (χ1v) is 5.56. The molecule has 2 heterocycles. The lowest BCUT2D eigenvalue weighted by atomic mass is 10.1. The summed E-state index contributed by atoms with van der Waals surface area (Å²) in [6.45, 7) is -1.06. The number of halogens is 1. The molecule has 0 aromatic carbocycles. The predicted molar refractivity (Wildman–Crippen MR) is 60.7 cm³/mol. The van der Waals surface area contributed by atoms with Crippen LogP contribution in [0.15, 0.2) is 11.0 Å². The molecular weight excluding hydrogens is 261 g/mol. The Morgan fingerprint density at radius 3 is 2.74 bits per heavy atom. The van der Waals surface area contributed by atoms with Crippen LogP contribution in [-0.4, -0.2) is 49.9 Å². The number of rotatable bonds is 3. The van der Waals surface area contributed by atoms with E-state index in [4.69, 9.17) is 20.7 Å². The summed E-state index contributed by atoms with van der Waals surface area (Å²) < 4.78 is 19.7. The second-order valence-corrected chi connectivity index (χ2v) is 4.18. The number of aliphatic hydroxyl groups excluding tert-OH is 3. The SMILES string of the molecule is Nc1nc(=O)n([C@@H]2O[C@H](CO)[C@H](O)[C@@H]2F)cc1CO. The van der Waals surface area contributed by atoms with Crippen LogP contribution in [0.1, 0.15) is 11.8 Å². The number of nitrogens with two attached hydrogens (primary N) is 1. The summed E-state index contributed by atoms with van der Waals surface area (Å²) in [6.07, 6.45) is -4.86. The minimum atomic E-state index is -1.90. The van der Waals surface area contributed by atoms with Crippen molar-refractivity contribution >= 4 is 5.82 Å². The third-order valence-corrected chi connectivity index (χ3v) is 2.98. The molecule has 4 atom stereocenters. The van der Waals surface area contributed by atoms with E-state index in [-0.39, 0.29) is 11.4 Å². The zero-order valence-electron chi connectivity index (χ0n) is 9.81. The summed E-state index contributed by atoms with van der Waals surface area (Å²) in [7, 11) is 0. The Kier molecular flexibility index (Phi) is 3.80. The Morgan fingerprint density at radius 2 is 2.21 bits per heavy atom. The van der Waals surface area contributed by atoms with Gasteiger partial charge in [0.25, 0.3) is 0 Å². The van der Waals surface area contributed by atoms with Crippen molar-refractivity contribution < 1.29 is 24.4 Å². The monoisotopic (exact) mass is 275 g/mol. The summed E-state index contributed by atoms with van der Waals surface area (Å²) in [4.78, 5) is 15.1. The minimum Gasteiger partial charge on any atom is -0.394 e. The van der Waals surface area contributed by atoms with Crippen LogP contribution >= 0.6 is 0 Å². The maximum absolute atomic E-state index is 13.9. The molecular formula is C10H14FN3O5. The topological polar surface area (TPSA) is 131 Å². The van der Waals surface area contributed by atoms with Crippen LogP contribution in [0.3, 0.4) is 0 Å². The largest absolute Gasteiger partial charge is 0.394 e. The highest BCUT2D eigenvalue weighted by atomic mass is 19.1. The van der Waals surface area contributed by atoms with Gasteiger partial charge in [-0.2, -0.15) is 4.98 Å². The Morgan fingerprint density at radius 1 is 1.53 bits per heavy atom. The van der Waals surface area contributed by atoms with Gasteiger partial charge in [-0.1, -0.05) is 0 Å². The first kappa shape index (κ1) is 13.9. The lowest BCUT2D eigenvalue weighted by Gasteiger charge is -2.17. The van der Waals surface area contributed by atoms with Gasteiger partial charge in [0.15, 0.2) is 12.4 Å². The van der Waals surface area contributed by atoms with Crippen LogP contribution in [0.25, 0.3) is 0 Å². The molecule has 1 aromatic rings. The van der Waals surface area contributed by atoms with Gasteiger partial charge in [0, 0.05) is 11.8 Å². The predicted octanol–water partition coefficient (Wildman–Crippen LogP) is -2.09. The van der Waals surface area contributed by atoms with E-state index < -0.39 is 43.5 Å². The maximum Gasteiger partial charge on any atom is 0.351 e. The van der Waals surface area contributed by atoms with Crippen molar-refractivity contribution in [3.63, 3.8) is 0 Å². The normalized spacial score (nSPS) is 30.7. The summed E-state index contributed by atoms with van der Waals surface area (Å²) in [6, 6.07) is 0. The molecule has 0 spiro atoms. The van der Waals surface area contributed by atoms with Crippen molar-refractivity contribution in [1.29, 1.82) is 0 Å². The van der Waals surface area contributed by atoms with Crippen molar-refractivity contribution in [2.45, 2.75) is 31.2 Å². The zero-order chi connectivity index (χ0) is 14.2. The van der Waals surface area contributed by atoms with E-state index >= 15 is 0 Å². The number of hydrogen-bond acceptors (Lipinski definition) is 7. The molecule has 1 fully saturated rings.